The second-order valence-corrected chi connectivity index (χ2v) is 6.14. The molecule has 2 rings (SSSR count). The number of aryl methyl sites for hydroxylation is 2. The number of rotatable bonds is 3. The second kappa shape index (κ2) is 5.21. The van der Waals surface area contributed by atoms with E-state index in [0.717, 1.165) is 17.0 Å². The van der Waals surface area contributed by atoms with E-state index in [1.807, 2.05) is 24.3 Å². The molecule has 1 aromatic carbocycles. The average molecular weight is 266 g/mol. The lowest BCUT2D eigenvalue weighted by Crippen LogP contribution is -2.13. The first-order valence-corrected chi connectivity index (χ1v) is 6.83. The van der Waals surface area contributed by atoms with Crippen LogP contribution in [0, 0.1) is 13.8 Å². The molecule has 0 aliphatic rings. The summed E-state index contributed by atoms with van der Waals surface area (Å²) in [7, 11) is 0. The molecule has 0 saturated heterocycles. The Bertz CT molecular complexity index is 519. The SMILES string of the molecule is Cc1cc(C(N)Cc2ccccc2Cl)c(C)s1. The second-order valence-electron chi connectivity index (χ2n) is 4.27. The van der Waals surface area contributed by atoms with Gasteiger partial charge in [0, 0.05) is 20.8 Å². The van der Waals surface area contributed by atoms with Crippen molar-refractivity contribution in [3.8, 4) is 0 Å². The highest BCUT2D eigenvalue weighted by atomic mass is 35.5. The van der Waals surface area contributed by atoms with Crippen molar-refractivity contribution in [2.45, 2.75) is 26.3 Å². The summed E-state index contributed by atoms with van der Waals surface area (Å²) in [5, 5.41) is 0.799. The van der Waals surface area contributed by atoms with Crippen LogP contribution >= 0.6 is 22.9 Å². The predicted molar refractivity (Wildman–Crippen MR) is 75.9 cm³/mol. The van der Waals surface area contributed by atoms with Crippen LogP contribution in [0.15, 0.2) is 30.3 Å². The van der Waals surface area contributed by atoms with Crippen LogP contribution in [0.1, 0.15) is 26.9 Å². The zero-order chi connectivity index (χ0) is 12.4. The van der Waals surface area contributed by atoms with Crippen LogP contribution in [-0.4, -0.2) is 0 Å². The van der Waals surface area contributed by atoms with Crippen molar-refractivity contribution in [3.63, 3.8) is 0 Å². The van der Waals surface area contributed by atoms with Crippen LogP contribution in [0.3, 0.4) is 0 Å². The summed E-state index contributed by atoms with van der Waals surface area (Å²) in [4.78, 5) is 2.62. The molecule has 1 atom stereocenters. The van der Waals surface area contributed by atoms with Crippen molar-refractivity contribution >= 4 is 22.9 Å². The van der Waals surface area contributed by atoms with Gasteiger partial charge in [-0.25, -0.2) is 0 Å². The summed E-state index contributed by atoms with van der Waals surface area (Å²) in [6, 6.07) is 10.1. The van der Waals surface area contributed by atoms with Gasteiger partial charge in [-0.2, -0.15) is 0 Å². The first kappa shape index (κ1) is 12.6. The van der Waals surface area contributed by atoms with Gasteiger partial charge in [0.2, 0.25) is 0 Å². The maximum Gasteiger partial charge on any atom is 0.0438 e. The number of nitrogens with two attached hydrogens (primary N) is 1. The van der Waals surface area contributed by atoms with Gasteiger partial charge in [-0.15, -0.1) is 11.3 Å². The van der Waals surface area contributed by atoms with Crippen LogP contribution < -0.4 is 5.73 Å². The average Bonchev–Trinajstić information content (AvgIpc) is 2.61. The van der Waals surface area contributed by atoms with E-state index in [9.17, 15) is 0 Å². The van der Waals surface area contributed by atoms with Crippen LogP contribution in [0.2, 0.25) is 5.02 Å². The largest absolute Gasteiger partial charge is 0.324 e. The van der Waals surface area contributed by atoms with E-state index in [4.69, 9.17) is 17.3 Å². The molecule has 0 amide bonds. The summed E-state index contributed by atoms with van der Waals surface area (Å²) in [5.74, 6) is 0. The number of halogens is 1. The first-order valence-electron chi connectivity index (χ1n) is 5.64. The molecule has 1 nitrogen and oxygen atoms in total. The van der Waals surface area contributed by atoms with Gasteiger partial charge >= 0.3 is 0 Å². The van der Waals surface area contributed by atoms with Gasteiger partial charge in [0.15, 0.2) is 0 Å². The molecule has 17 heavy (non-hydrogen) atoms. The van der Waals surface area contributed by atoms with Gasteiger partial charge in [0.25, 0.3) is 0 Å². The van der Waals surface area contributed by atoms with Gasteiger partial charge in [-0.05, 0) is 43.5 Å². The number of benzene rings is 1. The zero-order valence-electron chi connectivity index (χ0n) is 10.0. The Morgan fingerprint density at radius 2 is 2.00 bits per heavy atom. The van der Waals surface area contributed by atoms with Crippen molar-refractivity contribution in [3.05, 3.63) is 56.2 Å². The van der Waals surface area contributed by atoms with E-state index in [-0.39, 0.29) is 6.04 Å². The third kappa shape index (κ3) is 2.89. The van der Waals surface area contributed by atoms with E-state index in [1.54, 1.807) is 11.3 Å². The van der Waals surface area contributed by atoms with Gasteiger partial charge in [-0.1, -0.05) is 29.8 Å². The summed E-state index contributed by atoms with van der Waals surface area (Å²) in [6.45, 7) is 4.24. The molecule has 0 aliphatic carbocycles. The Labute approximate surface area is 111 Å². The number of hydrogen-bond acceptors (Lipinski definition) is 2. The first-order chi connectivity index (χ1) is 8.08. The molecular weight excluding hydrogens is 250 g/mol. The van der Waals surface area contributed by atoms with Crippen LogP contribution in [0.25, 0.3) is 0 Å². The molecule has 0 aliphatic heterocycles. The Balaban J connectivity index is 2.20. The molecule has 3 heteroatoms. The zero-order valence-corrected chi connectivity index (χ0v) is 11.6. The van der Waals surface area contributed by atoms with Gasteiger partial charge in [0.1, 0.15) is 0 Å². The van der Waals surface area contributed by atoms with Crippen LogP contribution in [0.5, 0.6) is 0 Å². The lowest BCUT2D eigenvalue weighted by molar-refractivity contribution is 0.720. The fourth-order valence-corrected chi connectivity index (χ4v) is 3.24. The molecule has 1 heterocycles. The summed E-state index contributed by atoms with van der Waals surface area (Å²) in [5.41, 5.74) is 8.62. The molecule has 1 unspecified atom stereocenters. The summed E-state index contributed by atoms with van der Waals surface area (Å²) >= 11 is 7.95. The Hall–Kier alpha value is -0.830. The third-order valence-electron chi connectivity index (χ3n) is 2.88. The Morgan fingerprint density at radius 1 is 1.29 bits per heavy atom. The molecular formula is C14H16ClNS. The van der Waals surface area contributed by atoms with Gasteiger partial charge in [0.05, 0.1) is 0 Å². The molecule has 0 bridgehead atoms. The minimum absolute atomic E-state index is 0.0276. The minimum atomic E-state index is 0.0276. The predicted octanol–water partition coefficient (Wildman–Crippen LogP) is 4.26. The van der Waals surface area contributed by atoms with Crippen LogP contribution in [0.4, 0.5) is 0 Å². The van der Waals surface area contributed by atoms with E-state index in [0.29, 0.717) is 0 Å². The van der Waals surface area contributed by atoms with Crippen molar-refractivity contribution in [1.29, 1.82) is 0 Å². The van der Waals surface area contributed by atoms with Crippen molar-refractivity contribution in [2.75, 3.05) is 0 Å². The molecule has 0 fully saturated rings. The molecule has 2 N–H and O–H groups in total. The maximum absolute atomic E-state index is 6.26. The fourth-order valence-electron chi connectivity index (χ4n) is 2.03. The highest BCUT2D eigenvalue weighted by Gasteiger charge is 2.13. The smallest absolute Gasteiger partial charge is 0.0438 e. The van der Waals surface area contributed by atoms with E-state index >= 15 is 0 Å². The van der Waals surface area contributed by atoms with Gasteiger partial charge in [-0.3, -0.25) is 0 Å². The topological polar surface area (TPSA) is 26.0 Å². The molecule has 0 saturated carbocycles. The fraction of sp³-hybridized carbons (Fsp3) is 0.286. The normalized spacial score (nSPS) is 12.7. The quantitative estimate of drug-likeness (QED) is 0.882. The monoisotopic (exact) mass is 265 g/mol. The van der Waals surface area contributed by atoms with E-state index in [2.05, 4.69) is 19.9 Å². The van der Waals surface area contributed by atoms with E-state index < -0.39 is 0 Å². The molecule has 0 radical (unpaired) electrons. The Kier molecular flexibility index (Phi) is 3.87. The van der Waals surface area contributed by atoms with Crippen molar-refractivity contribution < 1.29 is 0 Å². The van der Waals surface area contributed by atoms with Crippen molar-refractivity contribution in [1.82, 2.24) is 0 Å². The molecule has 90 valence electrons. The minimum Gasteiger partial charge on any atom is -0.324 e. The number of hydrogen-bond donors (Lipinski definition) is 1. The standard InChI is InChI=1S/C14H16ClNS/c1-9-7-12(10(2)17-9)14(16)8-11-5-3-4-6-13(11)15/h3-7,14H,8,16H2,1-2H3. The van der Waals surface area contributed by atoms with E-state index in [1.165, 1.54) is 15.3 Å². The van der Waals surface area contributed by atoms with Crippen LogP contribution in [-0.2, 0) is 6.42 Å². The van der Waals surface area contributed by atoms with Crippen molar-refractivity contribution in [2.24, 2.45) is 5.73 Å². The molecule has 1 aromatic heterocycles. The highest BCUT2D eigenvalue weighted by molar-refractivity contribution is 7.12. The molecule has 0 spiro atoms. The van der Waals surface area contributed by atoms with Gasteiger partial charge < -0.3 is 5.73 Å². The third-order valence-corrected chi connectivity index (χ3v) is 4.23. The maximum atomic E-state index is 6.26. The number of thiophene rings is 1. The molecule has 2 aromatic rings. The lowest BCUT2D eigenvalue weighted by atomic mass is 10.00. The summed E-state index contributed by atoms with van der Waals surface area (Å²) in [6.07, 6.45) is 0.788. The Morgan fingerprint density at radius 3 is 2.59 bits per heavy atom. The summed E-state index contributed by atoms with van der Waals surface area (Å²) < 4.78 is 0. The lowest BCUT2D eigenvalue weighted by Gasteiger charge is -2.12. The highest BCUT2D eigenvalue weighted by Crippen LogP contribution is 2.28.